The van der Waals surface area contributed by atoms with Gasteiger partial charge < -0.3 is 20.8 Å². The lowest BCUT2D eigenvalue weighted by molar-refractivity contribution is 0.0697. The molecule has 2 rings (SSSR count). The topological polar surface area (TPSA) is 98.7 Å². The minimum absolute atomic E-state index is 0.0988. The van der Waals surface area contributed by atoms with Crippen molar-refractivity contribution < 1.29 is 19.8 Å². The maximum Gasteiger partial charge on any atom is 0.335 e. The van der Waals surface area contributed by atoms with Crippen LogP contribution in [0.25, 0.3) is 0 Å². The summed E-state index contributed by atoms with van der Waals surface area (Å²) in [6.07, 6.45) is 5.94. The Bertz CT molecular complexity index is 538. The van der Waals surface area contributed by atoms with Crippen molar-refractivity contribution in [3.8, 4) is 0 Å². The maximum absolute atomic E-state index is 11.9. The molecule has 1 aliphatic carbocycles. The molecule has 0 bridgehead atoms. The SMILES string of the molecule is O=C(NCc1ccc(C(=O)O)cc1)NCC(CO)C1CCCCC1. The summed E-state index contributed by atoms with van der Waals surface area (Å²) in [5, 5.41) is 24.0. The van der Waals surface area contributed by atoms with Crippen LogP contribution < -0.4 is 10.6 Å². The van der Waals surface area contributed by atoms with Gasteiger partial charge >= 0.3 is 12.0 Å². The van der Waals surface area contributed by atoms with E-state index >= 15 is 0 Å². The van der Waals surface area contributed by atoms with E-state index in [2.05, 4.69) is 10.6 Å². The summed E-state index contributed by atoms with van der Waals surface area (Å²) in [4.78, 5) is 22.7. The van der Waals surface area contributed by atoms with Crippen molar-refractivity contribution in [3.05, 3.63) is 35.4 Å². The zero-order chi connectivity index (χ0) is 17.4. The first-order valence-corrected chi connectivity index (χ1v) is 8.55. The second-order valence-corrected chi connectivity index (χ2v) is 6.41. The Labute approximate surface area is 142 Å². The van der Waals surface area contributed by atoms with Crippen LogP contribution in [0.2, 0.25) is 0 Å². The molecule has 2 amide bonds. The van der Waals surface area contributed by atoms with Crippen molar-refractivity contribution >= 4 is 12.0 Å². The highest BCUT2D eigenvalue weighted by atomic mass is 16.4. The molecule has 24 heavy (non-hydrogen) atoms. The molecule has 1 aliphatic rings. The average molecular weight is 334 g/mol. The van der Waals surface area contributed by atoms with Gasteiger partial charge in [-0.15, -0.1) is 0 Å². The smallest absolute Gasteiger partial charge is 0.335 e. The van der Waals surface area contributed by atoms with E-state index in [9.17, 15) is 14.7 Å². The van der Waals surface area contributed by atoms with Crippen LogP contribution in [0.4, 0.5) is 4.79 Å². The number of carboxylic acids is 1. The van der Waals surface area contributed by atoms with Crippen LogP contribution in [-0.4, -0.2) is 35.4 Å². The molecule has 0 spiro atoms. The number of aliphatic hydroxyl groups is 1. The van der Waals surface area contributed by atoms with Crippen LogP contribution in [0, 0.1) is 11.8 Å². The number of amides is 2. The number of carbonyl (C=O) groups excluding carboxylic acids is 1. The van der Waals surface area contributed by atoms with Gasteiger partial charge in [-0.1, -0.05) is 44.2 Å². The molecule has 0 saturated heterocycles. The van der Waals surface area contributed by atoms with Crippen LogP contribution in [0.3, 0.4) is 0 Å². The first-order chi connectivity index (χ1) is 11.6. The van der Waals surface area contributed by atoms with Crippen molar-refractivity contribution in [2.24, 2.45) is 11.8 Å². The van der Waals surface area contributed by atoms with E-state index < -0.39 is 5.97 Å². The van der Waals surface area contributed by atoms with E-state index in [0.717, 1.165) is 18.4 Å². The lowest BCUT2D eigenvalue weighted by Crippen LogP contribution is -2.40. The summed E-state index contributed by atoms with van der Waals surface area (Å²) in [6, 6.07) is 6.13. The third kappa shape index (κ3) is 5.53. The van der Waals surface area contributed by atoms with Gasteiger partial charge in [0, 0.05) is 25.6 Å². The van der Waals surface area contributed by atoms with Gasteiger partial charge in [0.15, 0.2) is 0 Å². The minimum Gasteiger partial charge on any atom is -0.478 e. The Kier molecular flexibility index (Phi) is 7.06. The van der Waals surface area contributed by atoms with Crippen LogP contribution >= 0.6 is 0 Å². The standard InChI is InChI=1S/C18H26N2O4/c21-12-16(14-4-2-1-3-5-14)11-20-18(24)19-10-13-6-8-15(9-7-13)17(22)23/h6-9,14,16,21H,1-5,10-12H2,(H,22,23)(H2,19,20,24). The van der Waals surface area contributed by atoms with Crippen molar-refractivity contribution in [2.75, 3.05) is 13.2 Å². The summed E-state index contributed by atoms with van der Waals surface area (Å²) in [7, 11) is 0. The molecule has 1 fully saturated rings. The number of aliphatic hydroxyl groups excluding tert-OH is 1. The molecule has 0 heterocycles. The highest BCUT2D eigenvalue weighted by Crippen LogP contribution is 2.29. The summed E-state index contributed by atoms with van der Waals surface area (Å²) >= 11 is 0. The summed E-state index contributed by atoms with van der Waals surface area (Å²) in [5.41, 5.74) is 1.06. The van der Waals surface area contributed by atoms with E-state index in [0.29, 0.717) is 19.0 Å². The number of nitrogens with one attached hydrogen (secondary N) is 2. The predicted molar refractivity (Wildman–Crippen MR) is 90.8 cm³/mol. The lowest BCUT2D eigenvalue weighted by atomic mass is 9.80. The van der Waals surface area contributed by atoms with E-state index in [4.69, 9.17) is 5.11 Å². The van der Waals surface area contributed by atoms with Crippen molar-refractivity contribution in [1.82, 2.24) is 10.6 Å². The minimum atomic E-state index is -0.968. The monoisotopic (exact) mass is 334 g/mol. The van der Waals surface area contributed by atoms with Gasteiger partial charge in [-0.2, -0.15) is 0 Å². The predicted octanol–water partition coefficient (Wildman–Crippen LogP) is 2.37. The van der Waals surface area contributed by atoms with Gasteiger partial charge in [-0.3, -0.25) is 0 Å². The van der Waals surface area contributed by atoms with E-state index in [-0.39, 0.29) is 24.1 Å². The third-order valence-corrected chi connectivity index (χ3v) is 4.73. The molecular weight excluding hydrogens is 308 g/mol. The molecule has 132 valence electrons. The van der Waals surface area contributed by atoms with Gasteiger partial charge in [0.25, 0.3) is 0 Å². The van der Waals surface area contributed by atoms with Crippen molar-refractivity contribution in [1.29, 1.82) is 0 Å². The number of aromatic carboxylic acids is 1. The Morgan fingerprint density at radius 1 is 1.08 bits per heavy atom. The fourth-order valence-electron chi connectivity index (χ4n) is 3.22. The van der Waals surface area contributed by atoms with Crippen LogP contribution in [-0.2, 0) is 6.54 Å². The molecule has 1 aromatic rings. The van der Waals surface area contributed by atoms with Crippen molar-refractivity contribution in [2.45, 2.75) is 38.6 Å². The fraction of sp³-hybridized carbons (Fsp3) is 0.556. The summed E-state index contributed by atoms with van der Waals surface area (Å²) < 4.78 is 0. The largest absolute Gasteiger partial charge is 0.478 e. The van der Waals surface area contributed by atoms with E-state index in [1.165, 1.54) is 31.4 Å². The quantitative estimate of drug-likeness (QED) is 0.615. The van der Waals surface area contributed by atoms with Crippen LogP contribution in [0.15, 0.2) is 24.3 Å². The van der Waals surface area contributed by atoms with Gasteiger partial charge in [0.1, 0.15) is 0 Å². The summed E-state index contributed by atoms with van der Waals surface area (Å²) in [5.74, 6) is -0.358. The normalized spacial score (nSPS) is 16.4. The Hall–Kier alpha value is -2.08. The number of rotatable bonds is 7. The Morgan fingerprint density at radius 3 is 2.33 bits per heavy atom. The van der Waals surface area contributed by atoms with Gasteiger partial charge in [-0.05, 0) is 23.6 Å². The van der Waals surface area contributed by atoms with Crippen LogP contribution in [0.1, 0.15) is 48.0 Å². The third-order valence-electron chi connectivity index (χ3n) is 4.73. The molecule has 1 aromatic carbocycles. The molecule has 0 aliphatic heterocycles. The molecule has 0 radical (unpaired) electrons. The van der Waals surface area contributed by atoms with E-state index in [1.807, 2.05) is 0 Å². The molecule has 4 N–H and O–H groups in total. The summed E-state index contributed by atoms with van der Waals surface area (Å²) in [6.45, 7) is 0.908. The molecule has 6 heteroatoms. The first-order valence-electron chi connectivity index (χ1n) is 8.55. The maximum atomic E-state index is 11.9. The zero-order valence-corrected chi connectivity index (χ0v) is 13.8. The molecule has 1 saturated carbocycles. The highest BCUT2D eigenvalue weighted by Gasteiger charge is 2.23. The van der Waals surface area contributed by atoms with E-state index in [1.54, 1.807) is 12.1 Å². The lowest BCUT2D eigenvalue weighted by Gasteiger charge is -2.29. The molecular formula is C18H26N2O4. The molecule has 6 nitrogen and oxygen atoms in total. The number of carboxylic acid groups (broad SMARTS) is 1. The van der Waals surface area contributed by atoms with Crippen LogP contribution in [0.5, 0.6) is 0 Å². The average Bonchev–Trinajstić information content (AvgIpc) is 2.61. The molecule has 0 aromatic heterocycles. The molecule has 1 atom stereocenters. The fourth-order valence-corrected chi connectivity index (χ4v) is 3.22. The molecule has 1 unspecified atom stereocenters. The number of urea groups is 1. The zero-order valence-electron chi connectivity index (χ0n) is 13.8. The van der Waals surface area contributed by atoms with Gasteiger partial charge in [0.2, 0.25) is 0 Å². The second kappa shape index (κ2) is 9.27. The number of benzene rings is 1. The Balaban J connectivity index is 1.73. The first kappa shape index (κ1) is 18.3. The second-order valence-electron chi connectivity index (χ2n) is 6.41. The number of hydrogen-bond donors (Lipinski definition) is 4. The van der Waals surface area contributed by atoms with Gasteiger partial charge in [-0.25, -0.2) is 9.59 Å². The van der Waals surface area contributed by atoms with Gasteiger partial charge in [0.05, 0.1) is 5.56 Å². The number of hydrogen-bond acceptors (Lipinski definition) is 3. The number of carbonyl (C=O) groups is 2. The Morgan fingerprint density at radius 2 is 1.75 bits per heavy atom. The highest BCUT2D eigenvalue weighted by molar-refractivity contribution is 5.87. The van der Waals surface area contributed by atoms with Crippen molar-refractivity contribution in [3.63, 3.8) is 0 Å².